The van der Waals surface area contributed by atoms with Crippen molar-refractivity contribution in [3.8, 4) is 5.75 Å². The number of likely N-dealkylation sites (N-methyl/N-ethyl adjacent to an activating group) is 1. The fraction of sp³-hybridized carbons (Fsp3) is 0.500. The number of Topliss-reactive ketones (excluding diaryl/α,β-unsaturated/α-hetero) is 1. The second-order valence-electron chi connectivity index (χ2n) is 8.46. The number of benzene rings is 1. The highest BCUT2D eigenvalue weighted by Crippen LogP contribution is 2.32. The van der Waals surface area contributed by atoms with Crippen molar-refractivity contribution in [1.29, 1.82) is 0 Å². The molecule has 0 bridgehead atoms. The van der Waals surface area contributed by atoms with E-state index in [4.69, 9.17) is 9.72 Å². The molecule has 4 rings (SSSR count). The van der Waals surface area contributed by atoms with Crippen molar-refractivity contribution < 1.29 is 9.53 Å². The van der Waals surface area contributed by atoms with Gasteiger partial charge >= 0.3 is 0 Å². The minimum atomic E-state index is 0.00262. The maximum Gasteiger partial charge on any atom is 0.184 e. The molecule has 1 aromatic carbocycles. The van der Waals surface area contributed by atoms with E-state index in [9.17, 15) is 4.79 Å². The number of rotatable bonds is 5. The SMILES string of the molecule is Cc1cccc(OC2CCC(C(=O)c3cccc(N4CCCN(C)CC4)n3)C2)c1. The maximum atomic E-state index is 13.1. The van der Waals surface area contributed by atoms with Crippen LogP contribution in [0.15, 0.2) is 42.5 Å². The molecule has 5 heteroatoms. The number of anilines is 1. The number of ketones is 1. The molecule has 0 N–H and O–H groups in total. The minimum Gasteiger partial charge on any atom is -0.490 e. The summed E-state index contributed by atoms with van der Waals surface area (Å²) < 4.78 is 6.13. The number of aryl methyl sites for hydroxylation is 1. The lowest BCUT2D eigenvalue weighted by molar-refractivity contribution is 0.0906. The molecule has 2 aliphatic rings. The number of aromatic nitrogens is 1. The van der Waals surface area contributed by atoms with E-state index < -0.39 is 0 Å². The molecule has 0 spiro atoms. The normalized spacial score (nSPS) is 23.0. The van der Waals surface area contributed by atoms with Gasteiger partial charge in [-0.15, -0.1) is 0 Å². The Labute approximate surface area is 173 Å². The molecule has 1 aliphatic carbocycles. The fourth-order valence-corrected chi connectivity index (χ4v) is 4.39. The molecule has 2 atom stereocenters. The summed E-state index contributed by atoms with van der Waals surface area (Å²) in [6.07, 6.45) is 3.79. The van der Waals surface area contributed by atoms with Gasteiger partial charge in [-0.3, -0.25) is 4.79 Å². The summed E-state index contributed by atoms with van der Waals surface area (Å²) in [5.41, 5.74) is 1.79. The van der Waals surface area contributed by atoms with E-state index in [-0.39, 0.29) is 17.8 Å². The molecule has 2 heterocycles. The molecule has 2 aromatic rings. The van der Waals surface area contributed by atoms with Crippen LogP contribution in [0, 0.1) is 12.8 Å². The van der Waals surface area contributed by atoms with Gasteiger partial charge in [-0.2, -0.15) is 0 Å². The Bertz CT molecular complexity index is 854. The number of carbonyl (C=O) groups is 1. The molecule has 1 saturated carbocycles. The van der Waals surface area contributed by atoms with Crippen LogP contribution >= 0.6 is 0 Å². The van der Waals surface area contributed by atoms with Gasteiger partial charge in [0.1, 0.15) is 17.3 Å². The largest absolute Gasteiger partial charge is 0.490 e. The number of nitrogens with zero attached hydrogens (tertiary/aromatic N) is 3. The van der Waals surface area contributed by atoms with E-state index in [0.717, 1.165) is 63.4 Å². The molecular weight excluding hydrogens is 362 g/mol. The van der Waals surface area contributed by atoms with Crippen LogP contribution in [0.2, 0.25) is 0 Å². The molecule has 1 saturated heterocycles. The number of ether oxygens (including phenoxy) is 1. The van der Waals surface area contributed by atoms with Crippen LogP contribution in [0.1, 0.15) is 41.7 Å². The first-order valence-electron chi connectivity index (χ1n) is 10.8. The van der Waals surface area contributed by atoms with E-state index in [2.05, 4.69) is 35.9 Å². The number of pyridine rings is 1. The van der Waals surface area contributed by atoms with Gasteiger partial charge in [0.2, 0.25) is 0 Å². The molecule has 5 nitrogen and oxygen atoms in total. The minimum absolute atomic E-state index is 0.00262. The van der Waals surface area contributed by atoms with Gasteiger partial charge in [0.05, 0.1) is 6.10 Å². The van der Waals surface area contributed by atoms with Gasteiger partial charge in [0.15, 0.2) is 5.78 Å². The Morgan fingerprint density at radius 2 is 1.93 bits per heavy atom. The van der Waals surface area contributed by atoms with Crippen molar-refractivity contribution in [3.63, 3.8) is 0 Å². The van der Waals surface area contributed by atoms with Crippen molar-refractivity contribution in [3.05, 3.63) is 53.7 Å². The van der Waals surface area contributed by atoms with Gasteiger partial charge in [0, 0.05) is 25.6 Å². The lowest BCUT2D eigenvalue weighted by Gasteiger charge is -2.22. The third-order valence-electron chi connectivity index (χ3n) is 6.08. The van der Waals surface area contributed by atoms with Crippen molar-refractivity contribution in [2.75, 3.05) is 38.1 Å². The third-order valence-corrected chi connectivity index (χ3v) is 6.08. The Balaban J connectivity index is 1.39. The lowest BCUT2D eigenvalue weighted by Crippen LogP contribution is -2.29. The van der Waals surface area contributed by atoms with Crippen LogP contribution in [0.25, 0.3) is 0 Å². The highest BCUT2D eigenvalue weighted by atomic mass is 16.5. The predicted octanol–water partition coefficient (Wildman–Crippen LogP) is 3.96. The van der Waals surface area contributed by atoms with Crippen LogP contribution in [-0.2, 0) is 0 Å². The Morgan fingerprint density at radius 1 is 1.07 bits per heavy atom. The first kappa shape index (κ1) is 19.9. The van der Waals surface area contributed by atoms with E-state index >= 15 is 0 Å². The molecular formula is C24H31N3O2. The average molecular weight is 394 g/mol. The van der Waals surface area contributed by atoms with Gasteiger partial charge in [-0.25, -0.2) is 4.98 Å². The van der Waals surface area contributed by atoms with E-state index in [1.54, 1.807) is 0 Å². The standard InChI is InChI=1S/C24H31N3O2/c1-18-6-3-7-20(16-18)29-21-11-10-19(17-21)24(28)22-8-4-9-23(25-22)27-13-5-12-26(2)14-15-27/h3-4,6-9,16,19,21H,5,10-15,17H2,1-2H3. The summed E-state index contributed by atoms with van der Waals surface area (Å²) in [7, 11) is 2.16. The first-order chi connectivity index (χ1) is 14.1. The van der Waals surface area contributed by atoms with Crippen LogP contribution in [0.5, 0.6) is 5.75 Å². The van der Waals surface area contributed by atoms with Crippen LogP contribution in [-0.4, -0.2) is 55.0 Å². The average Bonchev–Trinajstić information content (AvgIpc) is 3.07. The Kier molecular flexibility index (Phi) is 6.14. The third kappa shape index (κ3) is 4.96. The Morgan fingerprint density at radius 3 is 2.79 bits per heavy atom. The van der Waals surface area contributed by atoms with E-state index in [1.165, 1.54) is 5.56 Å². The van der Waals surface area contributed by atoms with Gasteiger partial charge < -0.3 is 14.5 Å². The van der Waals surface area contributed by atoms with Crippen LogP contribution < -0.4 is 9.64 Å². The molecule has 0 radical (unpaired) electrons. The topological polar surface area (TPSA) is 45.7 Å². The zero-order chi connectivity index (χ0) is 20.2. The van der Waals surface area contributed by atoms with Gasteiger partial charge in [0.25, 0.3) is 0 Å². The number of carbonyl (C=O) groups excluding carboxylic acids is 1. The maximum absolute atomic E-state index is 13.1. The molecule has 1 aromatic heterocycles. The van der Waals surface area contributed by atoms with Gasteiger partial charge in [-0.1, -0.05) is 18.2 Å². The van der Waals surface area contributed by atoms with Crippen molar-refractivity contribution in [1.82, 2.24) is 9.88 Å². The zero-order valence-corrected chi connectivity index (χ0v) is 17.5. The van der Waals surface area contributed by atoms with E-state index in [1.807, 2.05) is 30.3 Å². The van der Waals surface area contributed by atoms with E-state index in [0.29, 0.717) is 5.69 Å². The number of hydrogen-bond acceptors (Lipinski definition) is 5. The monoisotopic (exact) mass is 393 g/mol. The zero-order valence-electron chi connectivity index (χ0n) is 17.5. The quantitative estimate of drug-likeness (QED) is 0.720. The van der Waals surface area contributed by atoms with Crippen LogP contribution in [0.4, 0.5) is 5.82 Å². The van der Waals surface area contributed by atoms with Crippen molar-refractivity contribution in [2.24, 2.45) is 5.92 Å². The van der Waals surface area contributed by atoms with Crippen LogP contribution in [0.3, 0.4) is 0 Å². The molecule has 1 aliphatic heterocycles. The smallest absolute Gasteiger partial charge is 0.184 e. The summed E-state index contributed by atoms with van der Waals surface area (Å²) in [5, 5.41) is 0. The van der Waals surface area contributed by atoms with Crippen molar-refractivity contribution >= 4 is 11.6 Å². The summed E-state index contributed by atoms with van der Waals surface area (Å²) in [4.78, 5) is 22.5. The Hall–Kier alpha value is -2.40. The fourth-order valence-electron chi connectivity index (χ4n) is 4.39. The predicted molar refractivity (Wildman–Crippen MR) is 116 cm³/mol. The summed E-state index contributed by atoms with van der Waals surface area (Å²) in [6.45, 7) is 6.15. The first-order valence-corrected chi connectivity index (χ1v) is 10.8. The number of hydrogen-bond donors (Lipinski definition) is 0. The second-order valence-corrected chi connectivity index (χ2v) is 8.46. The summed E-state index contributed by atoms with van der Waals surface area (Å²) in [6, 6.07) is 14.0. The second kappa shape index (κ2) is 8.95. The highest BCUT2D eigenvalue weighted by Gasteiger charge is 2.32. The molecule has 0 amide bonds. The van der Waals surface area contributed by atoms with Gasteiger partial charge in [-0.05, 0) is 76.0 Å². The highest BCUT2D eigenvalue weighted by molar-refractivity contribution is 5.96. The lowest BCUT2D eigenvalue weighted by atomic mass is 9.99. The molecule has 2 unspecified atom stereocenters. The molecule has 29 heavy (non-hydrogen) atoms. The summed E-state index contributed by atoms with van der Waals surface area (Å²) >= 11 is 0. The molecule has 154 valence electrons. The van der Waals surface area contributed by atoms with Crippen molar-refractivity contribution in [2.45, 2.75) is 38.7 Å². The summed E-state index contributed by atoms with van der Waals surface area (Å²) in [5.74, 6) is 1.99. The molecule has 2 fully saturated rings.